The number of halogens is 3. The van der Waals surface area contributed by atoms with E-state index in [1.165, 1.54) is 12.4 Å². The molecule has 158 valence electrons. The summed E-state index contributed by atoms with van der Waals surface area (Å²) < 4.78 is 42.9. The number of hydrogen-bond donors (Lipinski definition) is 1. The third kappa shape index (κ3) is 4.07. The van der Waals surface area contributed by atoms with Crippen molar-refractivity contribution in [1.29, 1.82) is 0 Å². The van der Waals surface area contributed by atoms with Gasteiger partial charge in [0, 0.05) is 49.6 Å². The SMILES string of the molecule is CCn1c(C2CCN(c3cc(C(F)(F)F)nc(-c4ccncc4)n3)CC2)n[nH]c1=S. The molecule has 1 saturated heterocycles. The molecule has 0 unspecified atom stereocenters. The second-order valence-corrected chi connectivity index (χ2v) is 7.45. The highest BCUT2D eigenvalue weighted by molar-refractivity contribution is 7.71. The van der Waals surface area contributed by atoms with E-state index in [1.807, 2.05) is 16.4 Å². The Morgan fingerprint density at radius 2 is 1.87 bits per heavy atom. The first-order valence-electron chi connectivity index (χ1n) is 9.63. The van der Waals surface area contributed by atoms with Gasteiger partial charge in [-0.05, 0) is 44.1 Å². The summed E-state index contributed by atoms with van der Waals surface area (Å²) in [7, 11) is 0. The van der Waals surface area contributed by atoms with Gasteiger partial charge in [-0.25, -0.2) is 9.97 Å². The largest absolute Gasteiger partial charge is 0.433 e. The van der Waals surface area contributed by atoms with Crippen molar-refractivity contribution < 1.29 is 13.2 Å². The van der Waals surface area contributed by atoms with Crippen LogP contribution < -0.4 is 4.90 Å². The maximum Gasteiger partial charge on any atom is 0.433 e. The fourth-order valence-corrected chi connectivity index (χ4v) is 3.95. The zero-order chi connectivity index (χ0) is 21.3. The Bertz CT molecular complexity index is 1070. The van der Waals surface area contributed by atoms with Gasteiger partial charge in [-0.3, -0.25) is 10.1 Å². The Kier molecular flexibility index (Phi) is 5.54. The van der Waals surface area contributed by atoms with Crippen molar-refractivity contribution in [3.05, 3.63) is 46.9 Å². The first kappa shape index (κ1) is 20.5. The number of hydrogen-bond acceptors (Lipinski definition) is 6. The monoisotopic (exact) mass is 435 g/mol. The highest BCUT2D eigenvalue weighted by atomic mass is 32.1. The molecule has 0 amide bonds. The number of aromatic nitrogens is 6. The maximum atomic E-state index is 13.5. The molecule has 1 N–H and O–H groups in total. The standard InChI is InChI=1S/C19H20F3N7S/c1-2-29-17(26-27-18(29)30)13-5-9-28(10-6-13)15-11-14(19(20,21)22)24-16(25-15)12-3-7-23-8-4-12/h3-4,7-8,11,13H,2,5-6,9-10H2,1H3,(H,27,30). The Morgan fingerprint density at radius 3 is 2.50 bits per heavy atom. The van der Waals surface area contributed by atoms with E-state index in [2.05, 4.69) is 25.1 Å². The Morgan fingerprint density at radius 1 is 1.17 bits per heavy atom. The molecule has 7 nitrogen and oxygen atoms in total. The van der Waals surface area contributed by atoms with Crippen molar-refractivity contribution in [2.75, 3.05) is 18.0 Å². The molecular weight excluding hydrogens is 415 g/mol. The molecule has 1 aliphatic heterocycles. The molecule has 3 aromatic heterocycles. The molecule has 0 atom stereocenters. The first-order chi connectivity index (χ1) is 14.4. The van der Waals surface area contributed by atoms with Gasteiger partial charge in [0.1, 0.15) is 11.6 Å². The lowest BCUT2D eigenvalue weighted by molar-refractivity contribution is -0.141. The van der Waals surface area contributed by atoms with Gasteiger partial charge in [0.25, 0.3) is 0 Å². The van der Waals surface area contributed by atoms with E-state index in [0.29, 0.717) is 23.4 Å². The molecule has 1 aliphatic rings. The quantitative estimate of drug-likeness (QED) is 0.619. The molecule has 30 heavy (non-hydrogen) atoms. The summed E-state index contributed by atoms with van der Waals surface area (Å²) in [5.74, 6) is 1.41. The summed E-state index contributed by atoms with van der Waals surface area (Å²) in [6.07, 6.45) is -0.0563. The van der Waals surface area contributed by atoms with Crippen LogP contribution in [-0.4, -0.2) is 42.8 Å². The molecule has 0 radical (unpaired) electrons. The van der Waals surface area contributed by atoms with E-state index < -0.39 is 11.9 Å². The maximum absolute atomic E-state index is 13.5. The van der Waals surface area contributed by atoms with Crippen LogP contribution in [0.25, 0.3) is 11.4 Å². The number of nitrogens with one attached hydrogen (secondary N) is 1. The van der Waals surface area contributed by atoms with E-state index in [0.717, 1.165) is 31.3 Å². The van der Waals surface area contributed by atoms with Crippen molar-refractivity contribution in [3.8, 4) is 11.4 Å². The minimum Gasteiger partial charge on any atom is -0.356 e. The van der Waals surface area contributed by atoms with Crippen LogP contribution in [0.15, 0.2) is 30.6 Å². The summed E-state index contributed by atoms with van der Waals surface area (Å²) in [6, 6.07) is 4.21. The predicted molar refractivity (Wildman–Crippen MR) is 108 cm³/mol. The molecule has 0 saturated carbocycles. The average molecular weight is 435 g/mol. The predicted octanol–water partition coefficient (Wildman–Crippen LogP) is 4.22. The molecule has 0 spiro atoms. The normalized spacial score (nSPS) is 15.5. The van der Waals surface area contributed by atoms with Crippen molar-refractivity contribution in [1.82, 2.24) is 29.7 Å². The second kappa shape index (κ2) is 8.13. The van der Waals surface area contributed by atoms with Crippen LogP contribution in [0.1, 0.15) is 37.2 Å². The second-order valence-electron chi connectivity index (χ2n) is 7.06. The summed E-state index contributed by atoms with van der Waals surface area (Å²) in [6.45, 7) is 3.86. The molecular formula is C19H20F3N7S. The first-order valence-corrected chi connectivity index (χ1v) is 10.0. The van der Waals surface area contributed by atoms with Gasteiger partial charge < -0.3 is 9.47 Å². The molecule has 1 fully saturated rings. The number of piperidine rings is 1. The molecule has 3 aromatic rings. The third-order valence-corrected chi connectivity index (χ3v) is 5.54. The van der Waals surface area contributed by atoms with E-state index in [4.69, 9.17) is 12.2 Å². The zero-order valence-electron chi connectivity index (χ0n) is 16.2. The van der Waals surface area contributed by atoms with E-state index in [9.17, 15) is 13.2 Å². The van der Waals surface area contributed by atoms with E-state index in [-0.39, 0.29) is 17.6 Å². The minimum atomic E-state index is -4.56. The molecule has 0 bridgehead atoms. The summed E-state index contributed by atoms with van der Waals surface area (Å²) in [4.78, 5) is 13.9. The number of aromatic amines is 1. The van der Waals surface area contributed by atoms with Gasteiger partial charge in [-0.2, -0.15) is 18.3 Å². The minimum absolute atomic E-state index is 0.0382. The average Bonchev–Trinajstić information content (AvgIpc) is 3.14. The van der Waals surface area contributed by atoms with Crippen LogP contribution >= 0.6 is 12.2 Å². The Hall–Kier alpha value is -2.82. The van der Waals surface area contributed by atoms with Gasteiger partial charge in [-0.1, -0.05) is 0 Å². The number of rotatable bonds is 4. The number of alkyl halides is 3. The van der Waals surface area contributed by atoms with E-state index >= 15 is 0 Å². The lowest BCUT2D eigenvalue weighted by atomic mass is 9.96. The highest BCUT2D eigenvalue weighted by Gasteiger charge is 2.35. The Balaban J connectivity index is 1.60. The third-order valence-electron chi connectivity index (χ3n) is 5.23. The molecule has 0 aromatic carbocycles. The smallest absolute Gasteiger partial charge is 0.356 e. The van der Waals surface area contributed by atoms with Crippen molar-refractivity contribution >= 4 is 18.0 Å². The highest BCUT2D eigenvalue weighted by Crippen LogP contribution is 2.34. The fraction of sp³-hybridized carbons (Fsp3) is 0.421. The van der Waals surface area contributed by atoms with Gasteiger partial charge in [-0.15, -0.1) is 0 Å². The van der Waals surface area contributed by atoms with Gasteiger partial charge in [0.05, 0.1) is 0 Å². The number of pyridine rings is 1. The van der Waals surface area contributed by atoms with Crippen molar-refractivity contribution in [3.63, 3.8) is 0 Å². The van der Waals surface area contributed by atoms with Crippen molar-refractivity contribution in [2.24, 2.45) is 0 Å². The number of H-pyrrole nitrogens is 1. The fourth-order valence-electron chi connectivity index (χ4n) is 3.69. The summed E-state index contributed by atoms with van der Waals surface area (Å²) in [5.41, 5.74) is -0.459. The topological polar surface area (TPSA) is 75.5 Å². The van der Waals surface area contributed by atoms with Crippen LogP contribution in [0, 0.1) is 4.77 Å². The van der Waals surface area contributed by atoms with Crippen molar-refractivity contribution in [2.45, 2.75) is 38.4 Å². The molecule has 4 heterocycles. The van der Waals surface area contributed by atoms with Crippen LogP contribution in [0.4, 0.5) is 19.0 Å². The summed E-state index contributed by atoms with van der Waals surface area (Å²) >= 11 is 5.26. The van der Waals surface area contributed by atoms with Crippen LogP contribution in [-0.2, 0) is 12.7 Å². The van der Waals surface area contributed by atoms with E-state index in [1.54, 1.807) is 12.1 Å². The van der Waals surface area contributed by atoms with Crippen LogP contribution in [0.3, 0.4) is 0 Å². The lowest BCUT2D eigenvalue weighted by Gasteiger charge is -2.32. The summed E-state index contributed by atoms with van der Waals surface area (Å²) in [5, 5.41) is 7.18. The Labute approximate surface area is 176 Å². The molecule has 11 heteroatoms. The van der Waals surface area contributed by atoms with Crippen LogP contribution in [0.2, 0.25) is 0 Å². The lowest BCUT2D eigenvalue weighted by Crippen LogP contribution is -2.34. The van der Waals surface area contributed by atoms with Crippen LogP contribution in [0.5, 0.6) is 0 Å². The molecule has 0 aliphatic carbocycles. The van der Waals surface area contributed by atoms with Gasteiger partial charge in [0.2, 0.25) is 0 Å². The molecule has 4 rings (SSSR count). The van der Waals surface area contributed by atoms with Gasteiger partial charge in [0.15, 0.2) is 16.3 Å². The number of anilines is 1. The zero-order valence-corrected chi connectivity index (χ0v) is 17.0. The number of nitrogens with zero attached hydrogens (tertiary/aromatic N) is 6. The van der Waals surface area contributed by atoms with Gasteiger partial charge >= 0.3 is 6.18 Å².